The highest BCUT2D eigenvalue weighted by atomic mass is 28.4. The zero-order valence-corrected chi connectivity index (χ0v) is 17.8. The summed E-state index contributed by atoms with van der Waals surface area (Å²) in [6, 6.07) is 8.72. The zero-order chi connectivity index (χ0) is 20.4. The van der Waals surface area contributed by atoms with Crippen LogP contribution in [0.2, 0.25) is 18.1 Å². The van der Waals surface area contributed by atoms with Gasteiger partial charge in [-0.3, -0.25) is 4.79 Å². The second-order valence-electron chi connectivity index (χ2n) is 8.69. The second-order valence-corrected chi connectivity index (χ2v) is 13.5. The summed E-state index contributed by atoms with van der Waals surface area (Å²) >= 11 is 0. The third kappa shape index (κ3) is 4.87. The number of aliphatic carboxylic acids is 1. The van der Waals surface area contributed by atoms with Crippen LogP contribution in [0.5, 0.6) is 0 Å². The van der Waals surface area contributed by atoms with Crippen molar-refractivity contribution in [2.24, 2.45) is 11.8 Å². The molecule has 0 radical (unpaired) electrons. The first-order valence-electron chi connectivity index (χ1n) is 9.25. The SMILES string of the molecule is C=C1[C@H](C(=O)O)C[C@H](OC(=O)c2ccccc2)[C@H]1CO[Si](C)(C)C(C)(C)C. The molecular formula is C21H30O5Si. The number of benzene rings is 1. The predicted molar refractivity (Wildman–Crippen MR) is 107 cm³/mol. The minimum atomic E-state index is -2.01. The van der Waals surface area contributed by atoms with Crippen molar-refractivity contribution in [2.45, 2.75) is 51.4 Å². The molecule has 0 aromatic heterocycles. The smallest absolute Gasteiger partial charge is 0.338 e. The van der Waals surface area contributed by atoms with E-state index in [0.717, 1.165) is 0 Å². The van der Waals surface area contributed by atoms with Crippen LogP contribution in [-0.4, -0.2) is 38.1 Å². The van der Waals surface area contributed by atoms with Gasteiger partial charge in [-0.05, 0) is 30.3 Å². The summed E-state index contributed by atoms with van der Waals surface area (Å²) in [5.41, 5.74) is 1.03. The molecule has 0 amide bonds. The monoisotopic (exact) mass is 390 g/mol. The van der Waals surface area contributed by atoms with Crippen molar-refractivity contribution >= 4 is 20.3 Å². The van der Waals surface area contributed by atoms with Gasteiger partial charge in [0.25, 0.3) is 0 Å². The number of rotatable bonds is 6. The molecule has 2 rings (SSSR count). The van der Waals surface area contributed by atoms with E-state index in [2.05, 4.69) is 40.4 Å². The fourth-order valence-corrected chi connectivity index (χ4v) is 3.97. The van der Waals surface area contributed by atoms with E-state index < -0.39 is 32.3 Å². The van der Waals surface area contributed by atoms with Crippen LogP contribution in [-0.2, 0) is 14.0 Å². The van der Waals surface area contributed by atoms with Crippen molar-refractivity contribution in [2.75, 3.05) is 6.61 Å². The Morgan fingerprint density at radius 1 is 1.22 bits per heavy atom. The molecule has 1 aliphatic carbocycles. The number of ether oxygens (including phenoxy) is 1. The molecule has 6 heteroatoms. The Morgan fingerprint density at radius 3 is 2.33 bits per heavy atom. The summed E-state index contributed by atoms with van der Waals surface area (Å²) in [4.78, 5) is 24.0. The minimum absolute atomic E-state index is 0.0371. The minimum Gasteiger partial charge on any atom is -0.481 e. The molecule has 1 saturated carbocycles. The topological polar surface area (TPSA) is 72.8 Å². The average molecular weight is 391 g/mol. The van der Waals surface area contributed by atoms with Crippen molar-refractivity contribution < 1.29 is 23.9 Å². The molecular weight excluding hydrogens is 360 g/mol. The van der Waals surface area contributed by atoms with Crippen molar-refractivity contribution in [1.82, 2.24) is 0 Å². The van der Waals surface area contributed by atoms with Gasteiger partial charge >= 0.3 is 11.9 Å². The molecule has 1 fully saturated rings. The van der Waals surface area contributed by atoms with E-state index in [4.69, 9.17) is 9.16 Å². The van der Waals surface area contributed by atoms with Gasteiger partial charge in [0.2, 0.25) is 0 Å². The third-order valence-electron chi connectivity index (χ3n) is 5.84. The average Bonchev–Trinajstić information content (AvgIpc) is 2.88. The first-order valence-corrected chi connectivity index (χ1v) is 12.2. The van der Waals surface area contributed by atoms with E-state index in [1.165, 1.54) is 0 Å². The standard InChI is InChI=1S/C21H30O5Si/c1-14-16(19(22)23)12-18(26-20(24)15-10-8-7-9-11-15)17(14)13-25-27(5,6)21(2,3)4/h7-11,16-18H,1,12-13H2,2-6H3,(H,22,23)/t16-,17+,18+/m1/s1. The third-order valence-corrected chi connectivity index (χ3v) is 10.3. The van der Waals surface area contributed by atoms with E-state index in [-0.39, 0.29) is 17.4 Å². The molecule has 0 heterocycles. The van der Waals surface area contributed by atoms with Crippen molar-refractivity contribution in [1.29, 1.82) is 0 Å². The first kappa shape index (κ1) is 21.4. The van der Waals surface area contributed by atoms with Crippen LogP contribution >= 0.6 is 0 Å². The first-order chi connectivity index (χ1) is 12.4. The number of carboxylic acid groups (broad SMARTS) is 1. The maximum atomic E-state index is 12.5. The Morgan fingerprint density at radius 2 is 1.81 bits per heavy atom. The van der Waals surface area contributed by atoms with Gasteiger partial charge in [0.1, 0.15) is 6.10 Å². The molecule has 3 atom stereocenters. The number of carbonyl (C=O) groups is 2. The molecule has 0 aliphatic heterocycles. The highest BCUT2D eigenvalue weighted by Crippen LogP contribution is 2.41. The summed E-state index contributed by atoms with van der Waals surface area (Å²) in [7, 11) is -2.01. The number of esters is 1. The van der Waals surface area contributed by atoms with Crippen LogP contribution < -0.4 is 0 Å². The predicted octanol–water partition coefficient (Wildman–Crippen LogP) is 4.51. The number of carbonyl (C=O) groups excluding carboxylic acids is 1. The maximum Gasteiger partial charge on any atom is 0.338 e. The Balaban J connectivity index is 2.16. The zero-order valence-electron chi connectivity index (χ0n) is 16.8. The Bertz CT molecular complexity index is 705. The van der Waals surface area contributed by atoms with Gasteiger partial charge in [-0.25, -0.2) is 4.79 Å². The lowest BCUT2D eigenvalue weighted by Gasteiger charge is -2.37. The van der Waals surface area contributed by atoms with Crippen LogP contribution in [0.4, 0.5) is 0 Å². The highest BCUT2D eigenvalue weighted by Gasteiger charge is 2.45. The van der Waals surface area contributed by atoms with Gasteiger partial charge in [-0.15, -0.1) is 0 Å². The molecule has 1 aliphatic rings. The van der Waals surface area contributed by atoms with Crippen molar-refractivity contribution in [3.05, 3.63) is 48.0 Å². The van der Waals surface area contributed by atoms with Gasteiger partial charge in [0.05, 0.1) is 11.5 Å². The lowest BCUT2D eigenvalue weighted by Crippen LogP contribution is -2.43. The fraction of sp³-hybridized carbons (Fsp3) is 0.524. The molecule has 27 heavy (non-hydrogen) atoms. The lowest BCUT2D eigenvalue weighted by molar-refractivity contribution is -0.140. The quantitative estimate of drug-likeness (QED) is 0.439. The van der Waals surface area contributed by atoms with E-state index >= 15 is 0 Å². The van der Waals surface area contributed by atoms with E-state index in [1.807, 2.05) is 6.07 Å². The molecule has 148 valence electrons. The molecule has 1 aromatic carbocycles. The Labute approximate surface area is 162 Å². The Kier molecular flexibility index (Phi) is 6.32. The summed E-state index contributed by atoms with van der Waals surface area (Å²) in [5, 5.41) is 9.53. The number of hydrogen-bond acceptors (Lipinski definition) is 4. The molecule has 0 spiro atoms. The van der Waals surface area contributed by atoms with E-state index in [9.17, 15) is 14.7 Å². The van der Waals surface area contributed by atoms with Crippen LogP contribution in [0.15, 0.2) is 42.5 Å². The van der Waals surface area contributed by atoms with Crippen LogP contribution in [0.25, 0.3) is 0 Å². The summed E-state index contributed by atoms with van der Waals surface area (Å²) in [6.45, 7) is 15.1. The van der Waals surface area contributed by atoms with E-state index in [0.29, 0.717) is 17.7 Å². The van der Waals surface area contributed by atoms with Crippen LogP contribution in [0.1, 0.15) is 37.6 Å². The van der Waals surface area contributed by atoms with E-state index in [1.54, 1.807) is 24.3 Å². The van der Waals surface area contributed by atoms with Crippen LogP contribution in [0.3, 0.4) is 0 Å². The lowest BCUT2D eigenvalue weighted by atomic mass is 9.99. The second kappa shape index (κ2) is 7.98. The molecule has 0 bridgehead atoms. The highest BCUT2D eigenvalue weighted by molar-refractivity contribution is 6.74. The van der Waals surface area contributed by atoms with Gasteiger partial charge < -0.3 is 14.3 Å². The number of hydrogen-bond donors (Lipinski definition) is 1. The summed E-state index contributed by atoms with van der Waals surface area (Å²) in [6.07, 6.45) is -0.311. The maximum absolute atomic E-state index is 12.5. The fourth-order valence-electron chi connectivity index (χ4n) is 2.94. The molecule has 1 aromatic rings. The normalized spacial score (nSPS) is 23.3. The summed E-state index contributed by atoms with van der Waals surface area (Å²) in [5.74, 6) is -2.41. The van der Waals surface area contributed by atoms with Gasteiger partial charge in [-0.2, -0.15) is 0 Å². The molecule has 0 saturated heterocycles. The largest absolute Gasteiger partial charge is 0.481 e. The van der Waals surface area contributed by atoms with Crippen LogP contribution in [0, 0.1) is 11.8 Å². The Hall–Kier alpha value is -1.92. The van der Waals surface area contributed by atoms with Gasteiger partial charge in [0.15, 0.2) is 8.32 Å². The molecule has 5 nitrogen and oxygen atoms in total. The van der Waals surface area contributed by atoms with Gasteiger partial charge in [-0.1, -0.05) is 51.1 Å². The number of carboxylic acids is 1. The summed E-state index contributed by atoms with van der Waals surface area (Å²) < 4.78 is 12.0. The molecule has 0 unspecified atom stereocenters. The van der Waals surface area contributed by atoms with Gasteiger partial charge in [0, 0.05) is 18.9 Å². The molecule has 1 N–H and O–H groups in total. The van der Waals surface area contributed by atoms with Crippen molar-refractivity contribution in [3.63, 3.8) is 0 Å². The van der Waals surface area contributed by atoms with Crippen molar-refractivity contribution in [3.8, 4) is 0 Å².